The molecule has 1 aliphatic rings. The first-order valence-electron chi connectivity index (χ1n) is 12.7. The van der Waals surface area contributed by atoms with Crippen LogP contribution in [-0.2, 0) is 7.05 Å². The van der Waals surface area contributed by atoms with Crippen LogP contribution in [0.4, 0.5) is 5.69 Å². The Kier molecular flexibility index (Phi) is 7.12. The third-order valence-electron chi connectivity index (χ3n) is 7.03. The molecule has 14 heteroatoms. The Hall–Kier alpha value is -4.20. The van der Waals surface area contributed by atoms with Crippen molar-refractivity contribution in [3.8, 4) is 0 Å². The molecule has 1 atom stereocenters. The third kappa shape index (κ3) is 4.72. The number of amides is 1. The van der Waals surface area contributed by atoms with Crippen molar-refractivity contribution < 1.29 is 4.79 Å². The predicted octanol–water partition coefficient (Wildman–Crippen LogP) is 1.19. The lowest BCUT2D eigenvalue weighted by Gasteiger charge is -2.32. The number of nitrogens with two attached hydrogens (primary N) is 2. The minimum Gasteiger partial charge on any atom is -0.380 e. The van der Waals surface area contributed by atoms with Crippen LogP contribution in [0.2, 0.25) is 5.15 Å². The number of nitrogens with one attached hydrogen (secondary N) is 2. The van der Waals surface area contributed by atoms with E-state index in [1.165, 1.54) is 14.6 Å². The molecule has 1 saturated heterocycles. The van der Waals surface area contributed by atoms with E-state index in [-0.39, 0.29) is 40.2 Å². The van der Waals surface area contributed by atoms with Crippen molar-refractivity contribution >= 4 is 45.6 Å². The van der Waals surface area contributed by atoms with Crippen molar-refractivity contribution in [2.75, 3.05) is 32.5 Å². The lowest BCUT2D eigenvalue weighted by Crippen LogP contribution is -2.58. The van der Waals surface area contributed by atoms with Gasteiger partial charge < -0.3 is 21.3 Å². The number of halogens is 1. The Morgan fingerprint density at radius 1 is 1.27 bits per heavy atom. The molecule has 0 radical (unpaired) electrons. The SMILES string of the molecule is Cc1cc(C(C)Nc2ccc(Cl)nc2/C(N)=N/N(N)C2CNC2)c2c(c1)c(=O)n(C)c1c(C(=O)N(C)C)ncn21. The van der Waals surface area contributed by atoms with E-state index in [2.05, 4.69) is 25.7 Å². The molecule has 0 aliphatic carbocycles. The van der Waals surface area contributed by atoms with Gasteiger partial charge in [0.25, 0.3) is 11.5 Å². The van der Waals surface area contributed by atoms with Gasteiger partial charge in [-0.3, -0.25) is 18.6 Å². The number of imidazole rings is 1. The van der Waals surface area contributed by atoms with Gasteiger partial charge in [-0.1, -0.05) is 17.7 Å². The van der Waals surface area contributed by atoms with Gasteiger partial charge in [0, 0.05) is 34.2 Å². The summed E-state index contributed by atoms with van der Waals surface area (Å²) in [6.45, 7) is 5.31. The van der Waals surface area contributed by atoms with Gasteiger partial charge in [0.1, 0.15) is 17.2 Å². The molecular weight excluding hydrogens is 534 g/mol. The second-order valence-electron chi connectivity index (χ2n) is 10.2. The van der Waals surface area contributed by atoms with Crippen molar-refractivity contribution in [1.29, 1.82) is 0 Å². The zero-order valence-electron chi connectivity index (χ0n) is 22.9. The third-order valence-corrected chi connectivity index (χ3v) is 7.24. The average Bonchev–Trinajstić information content (AvgIpc) is 3.31. The van der Waals surface area contributed by atoms with Crippen molar-refractivity contribution in [2.24, 2.45) is 23.7 Å². The number of fused-ring (bicyclic) bond motifs is 3. The molecule has 5 rings (SSSR count). The van der Waals surface area contributed by atoms with E-state index >= 15 is 0 Å². The molecule has 4 heterocycles. The highest BCUT2D eigenvalue weighted by Gasteiger charge is 2.25. The monoisotopic (exact) mass is 565 g/mol. The van der Waals surface area contributed by atoms with Gasteiger partial charge in [-0.15, -0.1) is 5.10 Å². The number of anilines is 1. The number of hydrogen-bond donors (Lipinski definition) is 4. The van der Waals surface area contributed by atoms with Gasteiger partial charge in [-0.05, 0) is 43.2 Å². The largest absolute Gasteiger partial charge is 0.380 e. The average molecular weight is 566 g/mol. The molecule has 1 aromatic carbocycles. The Morgan fingerprint density at radius 3 is 2.65 bits per heavy atom. The fraction of sp³-hybridized carbons (Fsp3) is 0.346. The second kappa shape index (κ2) is 10.4. The zero-order chi connectivity index (χ0) is 28.9. The highest BCUT2D eigenvalue weighted by Crippen LogP contribution is 2.30. The summed E-state index contributed by atoms with van der Waals surface area (Å²) in [5.41, 5.74) is 10.0. The summed E-state index contributed by atoms with van der Waals surface area (Å²) in [6.07, 6.45) is 1.57. The first kappa shape index (κ1) is 27.4. The molecule has 6 N–H and O–H groups in total. The number of amidine groups is 1. The standard InChI is InChI=1S/C26H32ClN11O2/c1-13-8-16(22-17(9-13)25(39)36(5)24-21(26(40)35(3)4)31-12-37(22)24)14(2)32-18-6-7-19(27)33-20(18)23(28)34-38(29)15-10-30-11-15/h6-9,12,14-15,30,32H,10-11,29H2,1-5H3,(H2,28,34). The van der Waals surface area contributed by atoms with Crippen LogP contribution in [0.25, 0.3) is 16.6 Å². The van der Waals surface area contributed by atoms with E-state index in [4.69, 9.17) is 23.2 Å². The molecule has 3 aromatic heterocycles. The Bertz CT molecular complexity index is 1720. The number of carbonyl (C=O) groups excluding carboxylic acids is 1. The lowest BCUT2D eigenvalue weighted by atomic mass is 10.0. The molecule has 0 saturated carbocycles. The molecule has 0 spiro atoms. The zero-order valence-corrected chi connectivity index (χ0v) is 23.7. The topological polar surface area (TPSA) is 164 Å². The molecule has 4 aromatic rings. The number of hydrazine groups is 1. The molecular formula is C26H32ClN11O2. The number of aromatic nitrogens is 4. The molecule has 1 aliphatic heterocycles. The molecule has 1 amide bonds. The minimum absolute atomic E-state index is 0.0381. The van der Waals surface area contributed by atoms with E-state index < -0.39 is 0 Å². The first-order valence-corrected chi connectivity index (χ1v) is 13.1. The van der Waals surface area contributed by atoms with Crippen LogP contribution in [0.1, 0.15) is 40.3 Å². The number of hydrogen-bond acceptors (Lipinski definition) is 9. The van der Waals surface area contributed by atoms with Crippen LogP contribution in [0.3, 0.4) is 0 Å². The smallest absolute Gasteiger partial charge is 0.275 e. The van der Waals surface area contributed by atoms with Gasteiger partial charge >= 0.3 is 0 Å². The summed E-state index contributed by atoms with van der Waals surface area (Å²) in [5, 5.41) is 13.0. The summed E-state index contributed by atoms with van der Waals surface area (Å²) in [5.74, 6) is 5.89. The van der Waals surface area contributed by atoms with Crippen LogP contribution in [0, 0.1) is 6.92 Å². The van der Waals surface area contributed by atoms with Gasteiger partial charge in [-0.25, -0.2) is 20.9 Å². The van der Waals surface area contributed by atoms with Crippen LogP contribution in [-0.4, -0.2) is 73.9 Å². The number of aryl methyl sites for hydroxylation is 2. The van der Waals surface area contributed by atoms with Crippen LogP contribution < -0.4 is 27.8 Å². The van der Waals surface area contributed by atoms with Crippen molar-refractivity contribution in [3.05, 3.63) is 68.6 Å². The maximum atomic E-state index is 13.5. The molecule has 0 bridgehead atoms. The fourth-order valence-corrected chi connectivity index (χ4v) is 4.95. The number of benzene rings is 1. The number of carbonyl (C=O) groups is 1. The predicted molar refractivity (Wildman–Crippen MR) is 155 cm³/mol. The quantitative estimate of drug-likeness (QED) is 0.0846. The normalized spacial score (nSPS) is 14.8. The van der Waals surface area contributed by atoms with Gasteiger partial charge in [0.2, 0.25) is 0 Å². The number of hydrazone groups is 1. The Balaban J connectivity index is 1.63. The lowest BCUT2D eigenvalue weighted by molar-refractivity contribution is 0.0824. The number of rotatable bonds is 7. The maximum absolute atomic E-state index is 13.5. The molecule has 1 fully saturated rings. The second-order valence-corrected chi connectivity index (χ2v) is 10.6. The molecule has 1 unspecified atom stereocenters. The van der Waals surface area contributed by atoms with Gasteiger partial charge in [0.05, 0.1) is 28.7 Å². The van der Waals surface area contributed by atoms with E-state index in [9.17, 15) is 9.59 Å². The van der Waals surface area contributed by atoms with Crippen molar-refractivity contribution in [3.63, 3.8) is 0 Å². The van der Waals surface area contributed by atoms with Crippen LogP contribution in [0.5, 0.6) is 0 Å². The summed E-state index contributed by atoms with van der Waals surface area (Å²) in [7, 11) is 4.93. The number of pyridine rings is 1. The molecule has 210 valence electrons. The van der Waals surface area contributed by atoms with Crippen molar-refractivity contribution in [1.82, 2.24) is 34.3 Å². The van der Waals surface area contributed by atoms with Crippen LogP contribution in [0.15, 0.2) is 40.5 Å². The van der Waals surface area contributed by atoms with E-state index in [0.29, 0.717) is 41.0 Å². The van der Waals surface area contributed by atoms with Gasteiger partial charge in [-0.2, -0.15) is 0 Å². The number of nitrogens with zero attached hydrogens (tertiary/aromatic N) is 7. The van der Waals surface area contributed by atoms with E-state index in [1.54, 1.807) is 44.0 Å². The maximum Gasteiger partial charge on any atom is 0.275 e. The van der Waals surface area contributed by atoms with E-state index in [1.807, 2.05) is 26.0 Å². The molecule has 40 heavy (non-hydrogen) atoms. The first-order chi connectivity index (χ1) is 19.0. The minimum atomic E-state index is -0.340. The highest BCUT2D eigenvalue weighted by atomic mass is 35.5. The Labute approximate surface area is 235 Å². The Morgan fingerprint density at radius 2 is 2.00 bits per heavy atom. The van der Waals surface area contributed by atoms with E-state index in [0.717, 1.165) is 11.1 Å². The van der Waals surface area contributed by atoms with Gasteiger partial charge in [0.15, 0.2) is 17.2 Å². The van der Waals surface area contributed by atoms with Crippen molar-refractivity contribution in [2.45, 2.75) is 25.9 Å². The molecule has 13 nitrogen and oxygen atoms in total. The summed E-state index contributed by atoms with van der Waals surface area (Å²) in [6, 6.07) is 6.96. The highest BCUT2D eigenvalue weighted by molar-refractivity contribution is 6.29. The summed E-state index contributed by atoms with van der Waals surface area (Å²) in [4.78, 5) is 36.6. The summed E-state index contributed by atoms with van der Waals surface area (Å²) >= 11 is 6.22. The fourth-order valence-electron chi connectivity index (χ4n) is 4.81. The van der Waals surface area contributed by atoms with Crippen LogP contribution >= 0.6 is 11.6 Å². The summed E-state index contributed by atoms with van der Waals surface area (Å²) < 4.78 is 3.25.